The van der Waals surface area contributed by atoms with E-state index < -0.39 is 0 Å². The topological polar surface area (TPSA) is 55.2 Å². The van der Waals surface area contributed by atoms with Gasteiger partial charge in [0.15, 0.2) is 0 Å². The number of aromatic nitrogens is 2. The molecule has 0 saturated heterocycles. The number of unbranched alkanes of at least 4 members (excludes halogenated alkanes) is 2. The Hall–Kier alpha value is -2.47. The number of halogens is 1. The largest absolute Gasteiger partial charge is 0.332 e. The van der Waals surface area contributed by atoms with Crippen molar-refractivity contribution in [2.24, 2.45) is 5.92 Å². The van der Waals surface area contributed by atoms with Crippen LogP contribution in [0, 0.1) is 5.92 Å². The van der Waals surface area contributed by atoms with Crippen LogP contribution in [-0.2, 0) is 4.79 Å². The van der Waals surface area contributed by atoms with E-state index in [0.717, 1.165) is 55.1 Å². The van der Waals surface area contributed by atoms with E-state index in [1.807, 2.05) is 48.5 Å². The summed E-state index contributed by atoms with van der Waals surface area (Å²) in [6.45, 7) is 4.98. The number of rotatable bonds is 9. The number of hydrogen-bond acceptors (Lipinski definition) is 3. The summed E-state index contributed by atoms with van der Waals surface area (Å²) < 4.78 is 2.68. The smallest absolute Gasteiger partial charge is 0.266 e. The van der Waals surface area contributed by atoms with Crippen molar-refractivity contribution in [3.05, 3.63) is 69.2 Å². The normalized spacial score (nSPS) is 15.3. The lowest BCUT2D eigenvalue weighted by molar-refractivity contribution is -0.139. The first kappa shape index (κ1) is 25.6. The molecule has 1 amide bonds. The van der Waals surface area contributed by atoms with Gasteiger partial charge in [-0.15, -0.1) is 0 Å². The molecule has 5 nitrogen and oxygen atoms in total. The van der Waals surface area contributed by atoms with Gasteiger partial charge in [-0.25, -0.2) is 4.98 Å². The summed E-state index contributed by atoms with van der Waals surface area (Å²) in [6.07, 6.45) is 9.21. The van der Waals surface area contributed by atoms with Crippen LogP contribution in [0.1, 0.15) is 83.5 Å². The summed E-state index contributed by atoms with van der Waals surface area (Å²) in [6, 6.07) is 15.0. The molecule has 1 aromatic heterocycles. The molecule has 0 spiro atoms. The Morgan fingerprint density at radius 1 is 1.06 bits per heavy atom. The van der Waals surface area contributed by atoms with E-state index in [4.69, 9.17) is 4.98 Å². The molecule has 186 valence electrons. The summed E-state index contributed by atoms with van der Waals surface area (Å²) in [5, 5.41) is 0.588. The molecule has 1 fully saturated rings. The Morgan fingerprint density at radius 2 is 1.77 bits per heavy atom. The fourth-order valence-corrected chi connectivity index (χ4v) is 5.56. The van der Waals surface area contributed by atoms with E-state index in [9.17, 15) is 9.59 Å². The van der Waals surface area contributed by atoms with Crippen molar-refractivity contribution in [3.63, 3.8) is 0 Å². The highest BCUT2D eigenvalue weighted by atomic mass is 79.9. The van der Waals surface area contributed by atoms with Crippen molar-refractivity contribution >= 4 is 32.7 Å². The zero-order valence-electron chi connectivity index (χ0n) is 20.9. The van der Waals surface area contributed by atoms with Crippen molar-refractivity contribution in [3.8, 4) is 5.69 Å². The summed E-state index contributed by atoms with van der Waals surface area (Å²) in [5.41, 5.74) is 1.35. The van der Waals surface area contributed by atoms with Crippen molar-refractivity contribution in [1.29, 1.82) is 0 Å². The molecule has 1 saturated carbocycles. The quantitative estimate of drug-likeness (QED) is 0.271. The van der Waals surface area contributed by atoms with Crippen LogP contribution in [0.25, 0.3) is 16.6 Å². The average Bonchev–Trinajstić information content (AvgIpc) is 2.89. The SMILES string of the molecule is CCCCCN(C(=O)C1CCCCC1)C(CC)c1nc2ccccc2c(=O)n1-c1ccc(Br)cc1. The van der Waals surface area contributed by atoms with Gasteiger partial charge in [-0.2, -0.15) is 0 Å². The van der Waals surface area contributed by atoms with E-state index in [1.165, 1.54) is 6.42 Å². The molecule has 2 aromatic carbocycles. The van der Waals surface area contributed by atoms with E-state index in [0.29, 0.717) is 29.7 Å². The fraction of sp³-hybridized carbons (Fsp3) is 0.483. The Morgan fingerprint density at radius 3 is 2.46 bits per heavy atom. The predicted molar refractivity (Wildman–Crippen MR) is 146 cm³/mol. The number of carbonyl (C=O) groups excluding carboxylic acids is 1. The second kappa shape index (κ2) is 12.0. The number of carbonyl (C=O) groups is 1. The Balaban J connectivity index is 1.86. The van der Waals surface area contributed by atoms with Crippen molar-refractivity contribution in [1.82, 2.24) is 14.5 Å². The monoisotopic (exact) mass is 537 g/mol. The molecule has 1 aliphatic rings. The van der Waals surface area contributed by atoms with Gasteiger partial charge in [0.2, 0.25) is 5.91 Å². The minimum absolute atomic E-state index is 0.0766. The summed E-state index contributed by atoms with van der Waals surface area (Å²) in [7, 11) is 0. The first-order valence-corrected chi connectivity index (χ1v) is 13.9. The lowest BCUT2D eigenvalue weighted by atomic mass is 9.87. The van der Waals surface area contributed by atoms with Crippen LogP contribution in [0.5, 0.6) is 0 Å². The maximum absolute atomic E-state index is 13.9. The van der Waals surface area contributed by atoms with E-state index in [1.54, 1.807) is 4.57 Å². The highest BCUT2D eigenvalue weighted by Gasteiger charge is 2.33. The number of nitrogens with zero attached hydrogens (tertiary/aromatic N) is 3. The lowest BCUT2D eigenvalue weighted by Crippen LogP contribution is -2.42. The van der Waals surface area contributed by atoms with Gasteiger partial charge >= 0.3 is 0 Å². The number of amides is 1. The van der Waals surface area contributed by atoms with Crippen LogP contribution in [0.2, 0.25) is 0 Å². The van der Waals surface area contributed by atoms with E-state index in [2.05, 4.69) is 34.7 Å². The van der Waals surface area contributed by atoms with Gasteiger partial charge < -0.3 is 4.90 Å². The van der Waals surface area contributed by atoms with E-state index in [-0.39, 0.29) is 23.4 Å². The van der Waals surface area contributed by atoms with Gasteiger partial charge in [-0.1, -0.05) is 74.0 Å². The fourth-order valence-electron chi connectivity index (χ4n) is 5.29. The van der Waals surface area contributed by atoms with Gasteiger partial charge in [0, 0.05) is 16.9 Å². The minimum atomic E-state index is -0.262. The molecule has 0 radical (unpaired) electrons. The Kier molecular flexibility index (Phi) is 8.77. The molecule has 4 rings (SSSR count). The lowest BCUT2D eigenvalue weighted by Gasteiger charge is -2.36. The van der Waals surface area contributed by atoms with Crippen molar-refractivity contribution in [2.75, 3.05) is 6.54 Å². The zero-order valence-corrected chi connectivity index (χ0v) is 22.5. The van der Waals surface area contributed by atoms with E-state index >= 15 is 0 Å². The summed E-state index contributed by atoms with van der Waals surface area (Å²) in [4.78, 5) is 34.8. The number of hydrogen-bond donors (Lipinski definition) is 0. The average molecular weight is 539 g/mol. The molecule has 35 heavy (non-hydrogen) atoms. The Bertz CT molecular complexity index is 1200. The van der Waals surface area contributed by atoms with Crippen LogP contribution in [0.3, 0.4) is 0 Å². The number of fused-ring (bicyclic) bond motifs is 1. The van der Waals surface area contributed by atoms with Crippen LogP contribution in [0.15, 0.2) is 57.8 Å². The maximum atomic E-state index is 13.9. The molecule has 1 heterocycles. The third-order valence-corrected chi connectivity index (χ3v) is 7.72. The van der Waals surface area contributed by atoms with Gasteiger partial charge in [-0.05, 0) is 62.1 Å². The van der Waals surface area contributed by atoms with Crippen LogP contribution in [0.4, 0.5) is 0 Å². The van der Waals surface area contributed by atoms with Gasteiger partial charge in [0.05, 0.1) is 22.6 Å². The molecule has 1 atom stereocenters. The number of benzene rings is 2. The molecule has 1 unspecified atom stereocenters. The van der Waals surface area contributed by atoms with Gasteiger partial charge in [0.1, 0.15) is 5.82 Å². The summed E-state index contributed by atoms with van der Waals surface area (Å²) >= 11 is 3.50. The molecule has 0 bridgehead atoms. The zero-order chi connectivity index (χ0) is 24.8. The molecule has 0 N–H and O–H groups in total. The molecule has 0 aliphatic heterocycles. The standard InChI is InChI=1S/C29H36BrN3O2/c1-3-5-11-20-32(28(34)21-12-7-6-8-13-21)26(4-2)27-31-25-15-10-9-14-24(25)29(35)33(27)23-18-16-22(30)17-19-23/h9-10,14-19,21,26H,3-8,11-13,20H2,1-2H3. The highest BCUT2D eigenvalue weighted by molar-refractivity contribution is 9.10. The predicted octanol–water partition coefficient (Wildman–Crippen LogP) is 7.20. The summed E-state index contributed by atoms with van der Waals surface area (Å²) in [5.74, 6) is 0.962. The van der Waals surface area contributed by atoms with Crippen molar-refractivity contribution < 1.29 is 4.79 Å². The molecular weight excluding hydrogens is 502 g/mol. The maximum Gasteiger partial charge on any atom is 0.266 e. The first-order valence-electron chi connectivity index (χ1n) is 13.1. The first-order chi connectivity index (χ1) is 17.0. The molecular formula is C29H36BrN3O2. The Labute approximate surface area is 216 Å². The van der Waals surface area contributed by atoms with Crippen molar-refractivity contribution in [2.45, 2.75) is 77.7 Å². The minimum Gasteiger partial charge on any atom is -0.332 e. The second-order valence-electron chi connectivity index (χ2n) is 9.60. The molecule has 6 heteroatoms. The molecule has 3 aromatic rings. The van der Waals surface area contributed by atoms with Gasteiger partial charge in [0.25, 0.3) is 5.56 Å². The third-order valence-electron chi connectivity index (χ3n) is 7.19. The van der Waals surface area contributed by atoms with Gasteiger partial charge in [-0.3, -0.25) is 14.2 Å². The van der Waals surface area contributed by atoms with Crippen LogP contribution in [-0.4, -0.2) is 26.9 Å². The highest BCUT2D eigenvalue weighted by Crippen LogP contribution is 2.32. The molecule has 1 aliphatic carbocycles. The van der Waals surface area contributed by atoms with Crippen LogP contribution < -0.4 is 5.56 Å². The second-order valence-corrected chi connectivity index (χ2v) is 10.5. The number of para-hydroxylation sites is 1. The van der Waals surface area contributed by atoms with Crippen LogP contribution >= 0.6 is 15.9 Å². The third kappa shape index (κ3) is 5.69.